The summed E-state index contributed by atoms with van der Waals surface area (Å²) >= 11 is 1.79. The molecule has 3 heterocycles. The number of anilines is 1. The van der Waals surface area contributed by atoms with Crippen LogP contribution in [-0.2, 0) is 0 Å². The van der Waals surface area contributed by atoms with Gasteiger partial charge in [-0.05, 0) is 42.5 Å². The summed E-state index contributed by atoms with van der Waals surface area (Å²) in [6.07, 6.45) is 8.41. The van der Waals surface area contributed by atoms with E-state index in [2.05, 4.69) is 46.7 Å². The Labute approximate surface area is 150 Å². The van der Waals surface area contributed by atoms with Crippen molar-refractivity contribution in [3.63, 3.8) is 0 Å². The lowest BCUT2D eigenvalue weighted by molar-refractivity contribution is 0.461. The van der Waals surface area contributed by atoms with Gasteiger partial charge in [-0.25, -0.2) is 9.50 Å². The molecular formula is C20H20N4S. The van der Waals surface area contributed by atoms with Gasteiger partial charge in [-0.3, -0.25) is 0 Å². The van der Waals surface area contributed by atoms with Gasteiger partial charge in [0.15, 0.2) is 5.65 Å². The van der Waals surface area contributed by atoms with Crippen molar-refractivity contribution >= 4 is 32.9 Å². The molecule has 4 nitrogen and oxygen atoms in total. The number of hydrogen-bond acceptors (Lipinski definition) is 4. The minimum atomic E-state index is 0.551. The Bertz CT molecular complexity index is 993. The SMILES string of the molecule is c1ccc2sc(-c3cnc4ccc(NC5CCCCC5)nn34)cc2c1. The van der Waals surface area contributed by atoms with E-state index >= 15 is 0 Å². The van der Waals surface area contributed by atoms with Crippen molar-refractivity contribution in [1.82, 2.24) is 14.6 Å². The number of nitrogens with one attached hydrogen (secondary N) is 1. The van der Waals surface area contributed by atoms with Crippen LogP contribution in [0.4, 0.5) is 5.82 Å². The Morgan fingerprint density at radius 1 is 1.04 bits per heavy atom. The van der Waals surface area contributed by atoms with Gasteiger partial charge in [-0.15, -0.1) is 16.4 Å². The Morgan fingerprint density at radius 3 is 2.80 bits per heavy atom. The third kappa shape index (κ3) is 2.78. The Hall–Kier alpha value is -2.40. The predicted molar refractivity (Wildman–Crippen MR) is 104 cm³/mol. The first-order valence-corrected chi connectivity index (χ1v) is 9.79. The van der Waals surface area contributed by atoms with Gasteiger partial charge < -0.3 is 5.32 Å². The molecule has 5 rings (SSSR count). The van der Waals surface area contributed by atoms with Crippen LogP contribution >= 0.6 is 11.3 Å². The van der Waals surface area contributed by atoms with E-state index in [1.165, 1.54) is 47.1 Å². The van der Waals surface area contributed by atoms with E-state index in [1.54, 1.807) is 11.3 Å². The van der Waals surface area contributed by atoms with E-state index in [-0.39, 0.29) is 0 Å². The number of imidazole rings is 1. The fourth-order valence-corrected chi connectivity index (χ4v) is 4.74. The average molecular weight is 348 g/mol. The number of thiophene rings is 1. The molecule has 4 aromatic rings. The maximum absolute atomic E-state index is 4.83. The second-order valence-corrected chi connectivity index (χ2v) is 7.84. The van der Waals surface area contributed by atoms with Gasteiger partial charge in [-0.1, -0.05) is 37.5 Å². The van der Waals surface area contributed by atoms with Gasteiger partial charge in [-0.2, -0.15) is 0 Å². The van der Waals surface area contributed by atoms with Crippen molar-refractivity contribution in [3.05, 3.63) is 48.7 Å². The highest BCUT2D eigenvalue weighted by Gasteiger charge is 2.15. The minimum absolute atomic E-state index is 0.551. The van der Waals surface area contributed by atoms with Crippen molar-refractivity contribution in [1.29, 1.82) is 0 Å². The summed E-state index contributed by atoms with van der Waals surface area (Å²) in [5.41, 5.74) is 1.95. The first kappa shape index (κ1) is 14.9. The minimum Gasteiger partial charge on any atom is -0.366 e. The fourth-order valence-electron chi connectivity index (χ4n) is 3.68. The van der Waals surface area contributed by atoms with Crippen LogP contribution < -0.4 is 5.32 Å². The van der Waals surface area contributed by atoms with Gasteiger partial charge in [0.25, 0.3) is 0 Å². The molecule has 0 bridgehead atoms. The molecule has 1 fully saturated rings. The zero-order valence-corrected chi connectivity index (χ0v) is 14.8. The van der Waals surface area contributed by atoms with E-state index in [1.807, 2.05) is 16.8 Å². The second-order valence-electron chi connectivity index (χ2n) is 6.76. The monoisotopic (exact) mass is 348 g/mol. The molecule has 0 aliphatic heterocycles. The number of hydrogen-bond donors (Lipinski definition) is 1. The Kier molecular flexibility index (Phi) is 3.67. The molecular weight excluding hydrogens is 328 g/mol. The molecule has 0 atom stereocenters. The van der Waals surface area contributed by atoms with E-state index in [9.17, 15) is 0 Å². The summed E-state index contributed by atoms with van der Waals surface area (Å²) < 4.78 is 3.26. The topological polar surface area (TPSA) is 42.2 Å². The zero-order valence-electron chi connectivity index (χ0n) is 14.0. The smallest absolute Gasteiger partial charge is 0.154 e. The Morgan fingerprint density at radius 2 is 1.92 bits per heavy atom. The van der Waals surface area contributed by atoms with E-state index in [4.69, 9.17) is 5.10 Å². The number of nitrogens with zero attached hydrogens (tertiary/aromatic N) is 3. The molecule has 0 saturated heterocycles. The average Bonchev–Trinajstić information content (AvgIpc) is 3.25. The molecule has 1 aliphatic rings. The number of aromatic nitrogens is 3. The molecule has 1 saturated carbocycles. The van der Waals surface area contributed by atoms with Crippen LogP contribution in [0.25, 0.3) is 26.3 Å². The highest BCUT2D eigenvalue weighted by molar-refractivity contribution is 7.22. The fraction of sp³-hybridized carbons (Fsp3) is 0.300. The third-order valence-corrected chi connectivity index (χ3v) is 6.14. The van der Waals surface area contributed by atoms with Crippen molar-refractivity contribution in [2.45, 2.75) is 38.1 Å². The molecule has 0 unspecified atom stereocenters. The molecule has 3 aromatic heterocycles. The van der Waals surface area contributed by atoms with Crippen LogP contribution in [-0.4, -0.2) is 20.6 Å². The first-order chi connectivity index (χ1) is 12.4. The maximum Gasteiger partial charge on any atom is 0.154 e. The predicted octanol–water partition coefficient (Wildman–Crippen LogP) is 5.36. The van der Waals surface area contributed by atoms with Crippen molar-refractivity contribution in [3.8, 4) is 10.6 Å². The van der Waals surface area contributed by atoms with Crippen LogP contribution in [0.15, 0.2) is 48.7 Å². The number of rotatable bonds is 3. The van der Waals surface area contributed by atoms with Crippen molar-refractivity contribution < 1.29 is 0 Å². The molecule has 5 heteroatoms. The third-order valence-electron chi connectivity index (χ3n) is 5.00. The first-order valence-electron chi connectivity index (χ1n) is 8.97. The summed E-state index contributed by atoms with van der Waals surface area (Å²) in [4.78, 5) is 5.74. The summed E-state index contributed by atoms with van der Waals surface area (Å²) in [6.45, 7) is 0. The standard InChI is InChI=1S/C20H20N4S/c1-2-7-15(8-3-1)22-19-10-11-20-21-13-16(24(20)23-19)18-12-14-6-4-5-9-17(14)25-18/h4-6,9-13,15H,1-3,7-8H2,(H,22,23). The molecule has 0 amide bonds. The Balaban J connectivity index is 1.53. The van der Waals surface area contributed by atoms with Gasteiger partial charge in [0.2, 0.25) is 0 Å². The molecule has 25 heavy (non-hydrogen) atoms. The quantitative estimate of drug-likeness (QED) is 0.542. The summed E-state index contributed by atoms with van der Waals surface area (Å²) in [5, 5.41) is 9.71. The highest BCUT2D eigenvalue weighted by atomic mass is 32.1. The number of benzene rings is 1. The lowest BCUT2D eigenvalue weighted by Crippen LogP contribution is -2.23. The number of fused-ring (bicyclic) bond motifs is 2. The van der Waals surface area contributed by atoms with Crippen LogP contribution in [0, 0.1) is 0 Å². The molecule has 126 valence electrons. The van der Waals surface area contributed by atoms with Crippen LogP contribution in [0.3, 0.4) is 0 Å². The van der Waals surface area contributed by atoms with Crippen LogP contribution in [0.5, 0.6) is 0 Å². The lowest BCUT2D eigenvalue weighted by atomic mass is 9.95. The van der Waals surface area contributed by atoms with Gasteiger partial charge >= 0.3 is 0 Å². The maximum atomic E-state index is 4.83. The van der Waals surface area contributed by atoms with Crippen LogP contribution in [0.1, 0.15) is 32.1 Å². The van der Waals surface area contributed by atoms with E-state index < -0.39 is 0 Å². The largest absolute Gasteiger partial charge is 0.366 e. The molecule has 1 aromatic carbocycles. The molecule has 1 aliphatic carbocycles. The second kappa shape index (κ2) is 6.15. The van der Waals surface area contributed by atoms with Gasteiger partial charge in [0.05, 0.1) is 11.1 Å². The summed E-state index contributed by atoms with van der Waals surface area (Å²) in [6, 6.07) is 15.4. The van der Waals surface area contributed by atoms with Gasteiger partial charge in [0.1, 0.15) is 11.5 Å². The normalized spacial score (nSPS) is 15.8. The van der Waals surface area contributed by atoms with Crippen LogP contribution in [0.2, 0.25) is 0 Å². The van der Waals surface area contributed by atoms with Crippen molar-refractivity contribution in [2.24, 2.45) is 0 Å². The summed E-state index contributed by atoms with van der Waals surface area (Å²) in [7, 11) is 0. The van der Waals surface area contributed by atoms with E-state index in [0.29, 0.717) is 6.04 Å². The lowest BCUT2D eigenvalue weighted by Gasteiger charge is -2.23. The molecule has 0 spiro atoms. The van der Waals surface area contributed by atoms with Gasteiger partial charge in [0, 0.05) is 10.7 Å². The highest BCUT2D eigenvalue weighted by Crippen LogP contribution is 2.33. The van der Waals surface area contributed by atoms with E-state index in [0.717, 1.165) is 17.2 Å². The van der Waals surface area contributed by atoms with Crippen molar-refractivity contribution in [2.75, 3.05) is 5.32 Å². The molecule has 1 N–H and O–H groups in total. The zero-order chi connectivity index (χ0) is 16.6. The molecule has 0 radical (unpaired) electrons. The summed E-state index contributed by atoms with van der Waals surface area (Å²) in [5.74, 6) is 0.944.